The first-order valence-corrected chi connectivity index (χ1v) is 4.44. The second-order valence-corrected chi connectivity index (χ2v) is 3.28. The molecule has 0 fully saturated rings. The summed E-state index contributed by atoms with van der Waals surface area (Å²) in [7, 11) is 0. The van der Waals surface area contributed by atoms with Crippen LogP contribution < -0.4 is 0 Å². The van der Waals surface area contributed by atoms with Gasteiger partial charge in [-0.15, -0.1) is 0 Å². The fraction of sp³-hybridized carbons (Fsp3) is 1.00. The maximum absolute atomic E-state index is 12.4. The molecule has 0 saturated heterocycles. The first kappa shape index (κ1) is 14.6. The van der Waals surface area contributed by atoms with Crippen LogP contribution in [0, 0.1) is 0 Å². The van der Waals surface area contributed by atoms with Gasteiger partial charge >= 0.3 is 12.1 Å². The van der Waals surface area contributed by atoms with Crippen molar-refractivity contribution in [3.05, 3.63) is 0 Å². The highest BCUT2D eigenvalue weighted by atomic mass is 19.4. The number of halogens is 5. The lowest BCUT2D eigenvalue weighted by molar-refractivity contribution is -0.290. The Morgan fingerprint density at radius 3 is 1.93 bits per heavy atom. The van der Waals surface area contributed by atoms with Crippen molar-refractivity contribution in [2.45, 2.75) is 43.9 Å². The average molecular weight is 236 g/mol. The number of alkyl halides is 5. The van der Waals surface area contributed by atoms with Gasteiger partial charge in [0.1, 0.15) is 0 Å². The first-order valence-electron chi connectivity index (χ1n) is 4.44. The molecule has 0 aliphatic carbocycles. The van der Waals surface area contributed by atoms with Gasteiger partial charge in [0.2, 0.25) is 0 Å². The molecular weight excluding hydrogens is 223 g/mol. The van der Waals surface area contributed by atoms with E-state index in [0.29, 0.717) is 0 Å². The third-order valence-corrected chi connectivity index (χ3v) is 1.85. The lowest BCUT2D eigenvalue weighted by atomic mass is 10.1. The van der Waals surface area contributed by atoms with Gasteiger partial charge in [-0.2, -0.15) is 22.0 Å². The molecule has 0 aromatic rings. The Morgan fingerprint density at radius 2 is 1.53 bits per heavy atom. The van der Waals surface area contributed by atoms with E-state index in [1.807, 2.05) is 0 Å². The van der Waals surface area contributed by atoms with Gasteiger partial charge in [-0.1, -0.05) is 0 Å². The van der Waals surface area contributed by atoms with Crippen molar-refractivity contribution in [1.82, 2.24) is 0 Å². The zero-order valence-corrected chi connectivity index (χ0v) is 7.90. The minimum Gasteiger partial charge on any atom is -0.396 e. The van der Waals surface area contributed by atoms with Crippen molar-refractivity contribution in [2.75, 3.05) is 6.61 Å². The van der Waals surface area contributed by atoms with E-state index in [1.165, 1.54) is 0 Å². The van der Waals surface area contributed by atoms with Crippen LogP contribution in [0.2, 0.25) is 0 Å². The van der Waals surface area contributed by atoms with Gasteiger partial charge in [0, 0.05) is 13.0 Å². The molecule has 0 amide bonds. The number of rotatable bonds is 6. The molecule has 0 heterocycles. The summed E-state index contributed by atoms with van der Waals surface area (Å²) < 4.78 is 59.8. The Hall–Kier alpha value is -0.430. The monoisotopic (exact) mass is 236 g/mol. The standard InChI is InChI=1S/C8H13F5O2/c9-7(10,8(11,12)13)5-6(15)3-1-2-4-14/h6,14-15H,1-5H2. The number of hydrogen-bond donors (Lipinski definition) is 2. The molecule has 0 rings (SSSR count). The van der Waals surface area contributed by atoms with Crippen molar-refractivity contribution < 1.29 is 32.2 Å². The Kier molecular flexibility index (Phi) is 5.44. The van der Waals surface area contributed by atoms with Crippen molar-refractivity contribution in [2.24, 2.45) is 0 Å². The Morgan fingerprint density at radius 1 is 1.00 bits per heavy atom. The fourth-order valence-electron chi connectivity index (χ4n) is 1.01. The molecule has 0 radical (unpaired) electrons. The van der Waals surface area contributed by atoms with Gasteiger partial charge in [0.25, 0.3) is 0 Å². The maximum atomic E-state index is 12.4. The van der Waals surface area contributed by atoms with E-state index in [1.54, 1.807) is 0 Å². The van der Waals surface area contributed by atoms with Crippen LogP contribution in [0.25, 0.3) is 0 Å². The summed E-state index contributed by atoms with van der Waals surface area (Å²) in [5.41, 5.74) is 0. The summed E-state index contributed by atoms with van der Waals surface area (Å²) in [6.07, 6.45) is -8.63. The minimum absolute atomic E-state index is 0.174. The summed E-state index contributed by atoms with van der Waals surface area (Å²) in [6, 6.07) is 0. The highest BCUT2D eigenvalue weighted by Gasteiger charge is 2.57. The Balaban J connectivity index is 3.99. The Labute approximate surface area is 83.7 Å². The van der Waals surface area contributed by atoms with Crippen LogP contribution >= 0.6 is 0 Å². The molecule has 0 aromatic heterocycles. The topological polar surface area (TPSA) is 40.5 Å². The smallest absolute Gasteiger partial charge is 0.396 e. The van der Waals surface area contributed by atoms with Gasteiger partial charge in [-0.25, -0.2) is 0 Å². The van der Waals surface area contributed by atoms with Gasteiger partial charge in [0.15, 0.2) is 0 Å². The molecule has 0 saturated carbocycles. The zero-order chi connectivity index (χ0) is 12.1. The van der Waals surface area contributed by atoms with Gasteiger partial charge in [-0.05, 0) is 19.3 Å². The summed E-state index contributed by atoms with van der Waals surface area (Å²) in [4.78, 5) is 0. The quantitative estimate of drug-likeness (QED) is 0.547. The minimum atomic E-state index is -5.62. The SMILES string of the molecule is OCCCCC(O)CC(F)(F)C(F)(F)F. The lowest BCUT2D eigenvalue weighted by Crippen LogP contribution is -2.39. The van der Waals surface area contributed by atoms with Crippen molar-refractivity contribution in [3.8, 4) is 0 Å². The molecule has 2 N–H and O–H groups in total. The van der Waals surface area contributed by atoms with Crippen LogP contribution in [0.3, 0.4) is 0 Å². The van der Waals surface area contributed by atoms with Crippen molar-refractivity contribution >= 4 is 0 Å². The second kappa shape index (κ2) is 5.60. The van der Waals surface area contributed by atoms with E-state index < -0.39 is 24.6 Å². The summed E-state index contributed by atoms with van der Waals surface area (Å²) in [6.45, 7) is -0.178. The van der Waals surface area contributed by atoms with E-state index in [4.69, 9.17) is 10.2 Å². The number of aliphatic hydroxyl groups is 2. The van der Waals surface area contributed by atoms with Crippen LogP contribution in [-0.4, -0.2) is 35.0 Å². The molecule has 2 nitrogen and oxygen atoms in total. The third kappa shape index (κ3) is 5.27. The van der Waals surface area contributed by atoms with E-state index in [2.05, 4.69) is 0 Å². The number of unbranched alkanes of at least 4 members (excludes halogenated alkanes) is 1. The fourth-order valence-corrected chi connectivity index (χ4v) is 1.01. The molecule has 0 aromatic carbocycles. The molecule has 1 atom stereocenters. The predicted molar refractivity (Wildman–Crippen MR) is 42.6 cm³/mol. The molecule has 92 valence electrons. The van der Waals surface area contributed by atoms with Gasteiger partial charge < -0.3 is 10.2 Å². The average Bonchev–Trinajstić information content (AvgIpc) is 2.01. The molecule has 7 heteroatoms. The molecule has 0 aliphatic rings. The normalized spacial score (nSPS) is 15.4. The van der Waals surface area contributed by atoms with Gasteiger partial charge in [0.05, 0.1) is 6.10 Å². The van der Waals surface area contributed by atoms with E-state index in [9.17, 15) is 22.0 Å². The molecule has 0 spiro atoms. The van der Waals surface area contributed by atoms with Crippen LogP contribution in [0.5, 0.6) is 0 Å². The molecule has 15 heavy (non-hydrogen) atoms. The lowest BCUT2D eigenvalue weighted by Gasteiger charge is -2.22. The predicted octanol–water partition coefficient (Wildman–Crippen LogP) is 2.10. The second-order valence-electron chi connectivity index (χ2n) is 3.28. The summed E-state index contributed by atoms with van der Waals surface area (Å²) >= 11 is 0. The van der Waals surface area contributed by atoms with Crippen molar-refractivity contribution in [3.63, 3.8) is 0 Å². The highest BCUT2D eigenvalue weighted by molar-refractivity contribution is 4.79. The van der Waals surface area contributed by atoms with Crippen molar-refractivity contribution in [1.29, 1.82) is 0 Å². The summed E-state index contributed by atoms with van der Waals surface area (Å²) in [5.74, 6) is -4.86. The maximum Gasteiger partial charge on any atom is 0.453 e. The largest absolute Gasteiger partial charge is 0.453 e. The molecule has 0 aliphatic heterocycles. The van der Waals surface area contributed by atoms with E-state index in [-0.39, 0.29) is 25.9 Å². The first-order chi connectivity index (χ1) is 6.70. The van der Waals surface area contributed by atoms with Crippen LogP contribution in [0.1, 0.15) is 25.7 Å². The van der Waals surface area contributed by atoms with E-state index >= 15 is 0 Å². The molecular formula is C8H13F5O2. The zero-order valence-electron chi connectivity index (χ0n) is 7.90. The third-order valence-electron chi connectivity index (χ3n) is 1.85. The van der Waals surface area contributed by atoms with E-state index in [0.717, 1.165) is 0 Å². The highest BCUT2D eigenvalue weighted by Crippen LogP contribution is 2.39. The molecule has 0 bridgehead atoms. The van der Waals surface area contributed by atoms with Crippen LogP contribution in [-0.2, 0) is 0 Å². The van der Waals surface area contributed by atoms with Gasteiger partial charge in [-0.3, -0.25) is 0 Å². The Bertz CT molecular complexity index is 180. The number of hydrogen-bond acceptors (Lipinski definition) is 2. The molecule has 1 unspecified atom stereocenters. The van der Waals surface area contributed by atoms with Crippen LogP contribution in [0.15, 0.2) is 0 Å². The number of aliphatic hydroxyl groups excluding tert-OH is 2. The summed E-state index contributed by atoms with van der Waals surface area (Å²) in [5, 5.41) is 17.2. The van der Waals surface area contributed by atoms with Crippen LogP contribution in [0.4, 0.5) is 22.0 Å².